The summed E-state index contributed by atoms with van der Waals surface area (Å²) in [6, 6.07) is 0. The zero-order valence-corrected chi connectivity index (χ0v) is 15.6. The fourth-order valence-electron chi connectivity index (χ4n) is 1.85. The quantitative estimate of drug-likeness (QED) is 0.240. The van der Waals surface area contributed by atoms with Gasteiger partial charge in [0, 0.05) is 0 Å². The van der Waals surface area contributed by atoms with E-state index >= 15 is 0 Å². The first kappa shape index (κ1) is 23.8. The minimum Gasteiger partial charge on any atom is -0.465 e. The van der Waals surface area contributed by atoms with Crippen LogP contribution in [0.15, 0.2) is 24.3 Å². The molecule has 0 aromatic carbocycles. The lowest BCUT2D eigenvalue weighted by atomic mass is 9.97. The van der Waals surface area contributed by atoms with Crippen LogP contribution < -0.4 is 0 Å². The Bertz CT molecular complexity index is 411. The number of hydrogen-bond acceptors (Lipinski definition) is 6. The molecule has 0 fully saturated rings. The SMILES string of the molecule is CC(C)(C)C(=O)OCCCC[C@@H](O)/C=C/C[C@@H](O)/C=C/C[C@@H](O)CO. The lowest BCUT2D eigenvalue weighted by Crippen LogP contribution is -2.23. The van der Waals surface area contributed by atoms with Crippen molar-refractivity contribution in [2.24, 2.45) is 5.41 Å². The predicted molar refractivity (Wildman–Crippen MR) is 96.9 cm³/mol. The molecule has 0 spiro atoms. The van der Waals surface area contributed by atoms with E-state index in [4.69, 9.17) is 14.9 Å². The van der Waals surface area contributed by atoms with Gasteiger partial charge in [-0.1, -0.05) is 24.3 Å². The molecule has 6 nitrogen and oxygen atoms in total. The van der Waals surface area contributed by atoms with Crippen molar-refractivity contribution in [2.45, 2.75) is 71.2 Å². The van der Waals surface area contributed by atoms with E-state index in [9.17, 15) is 15.0 Å². The Kier molecular flexibility index (Phi) is 12.4. The number of ether oxygens (including phenoxy) is 1. The van der Waals surface area contributed by atoms with Gasteiger partial charge in [-0.25, -0.2) is 0 Å². The largest absolute Gasteiger partial charge is 0.465 e. The fourth-order valence-corrected chi connectivity index (χ4v) is 1.85. The van der Waals surface area contributed by atoms with Gasteiger partial charge in [-0.3, -0.25) is 4.79 Å². The van der Waals surface area contributed by atoms with Crippen LogP contribution in [0.1, 0.15) is 52.9 Å². The predicted octanol–water partition coefficient (Wildman–Crippen LogP) is 1.71. The lowest BCUT2D eigenvalue weighted by Gasteiger charge is -2.16. The minimum absolute atomic E-state index is 0.221. The van der Waals surface area contributed by atoms with Crippen LogP contribution in [-0.4, -0.2) is 57.9 Å². The molecule has 146 valence electrons. The zero-order chi connectivity index (χ0) is 19.3. The lowest BCUT2D eigenvalue weighted by molar-refractivity contribution is -0.153. The van der Waals surface area contributed by atoms with Crippen molar-refractivity contribution in [3.05, 3.63) is 24.3 Å². The molecule has 0 aromatic rings. The van der Waals surface area contributed by atoms with Crippen molar-refractivity contribution in [1.82, 2.24) is 0 Å². The Morgan fingerprint density at radius 2 is 1.60 bits per heavy atom. The first-order valence-corrected chi connectivity index (χ1v) is 8.82. The van der Waals surface area contributed by atoms with E-state index in [-0.39, 0.29) is 12.6 Å². The topological polar surface area (TPSA) is 107 Å². The molecule has 25 heavy (non-hydrogen) atoms. The van der Waals surface area contributed by atoms with Crippen LogP contribution in [0, 0.1) is 5.41 Å². The van der Waals surface area contributed by atoms with Crippen molar-refractivity contribution in [2.75, 3.05) is 13.2 Å². The van der Waals surface area contributed by atoms with Gasteiger partial charge in [0.1, 0.15) is 0 Å². The minimum atomic E-state index is -0.802. The molecule has 0 aliphatic carbocycles. The molecular formula is C19H34O6. The maximum atomic E-state index is 11.6. The van der Waals surface area contributed by atoms with Crippen LogP contribution in [0.4, 0.5) is 0 Å². The van der Waals surface area contributed by atoms with Crippen LogP contribution >= 0.6 is 0 Å². The van der Waals surface area contributed by atoms with Gasteiger partial charge < -0.3 is 25.2 Å². The highest BCUT2D eigenvalue weighted by atomic mass is 16.5. The van der Waals surface area contributed by atoms with Crippen LogP contribution in [0.5, 0.6) is 0 Å². The van der Waals surface area contributed by atoms with Crippen molar-refractivity contribution in [3.8, 4) is 0 Å². The highest BCUT2D eigenvalue weighted by molar-refractivity contribution is 5.75. The molecule has 0 aromatic heterocycles. The second kappa shape index (κ2) is 13.1. The van der Waals surface area contributed by atoms with Gasteiger partial charge in [0.2, 0.25) is 0 Å². The van der Waals surface area contributed by atoms with E-state index in [2.05, 4.69) is 0 Å². The van der Waals surface area contributed by atoms with Gasteiger partial charge in [-0.15, -0.1) is 0 Å². The Balaban J connectivity index is 3.79. The van der Waals surface area contributed by atoms with E-state index in [1.165, 1.54) is 0 Å². The van der Waals surface area contributed by atoms with Gasteiger partial charge in [0.05, 0.1) is 36.9 Å². The first-order chi connectivity index (χ1) is 11.7. The molecule has 0 saturated carbocycles. The number of carbonyl (C=O) groups is 1. The number of carbonyl (C=O) groups excluding carboxylic acids is 1. The summed E-state index contributed by atoms with van der Waals surface area (Å²) >= 11 is 0. The molecule has 4 N–H and O–H groups in total. The molecule has 0 amide bonds. The number of rotatable bonds is 12. The Labute approximate surface area is 150 Å². The summed E-state index contributed by atoms with van der Waals surface area (Å²) in [7, 11) is 0. The van der Waals surface area contributed by atoms with Crippen LogP contribution in [-0.2, 0) is 9.53 Å². The third-order valence-electron chi connectivity index (χ3n) is 3.45. The highest BCUT2D eigenvalue weighted by Gasteiger charge is 2.22. The number of hydrogen-bond donors (Lipinski definition) is 4. The molecule has 0 unspecified atom stereocenters. The molecule has 0 bridgehead atoms. The molecule has 0 aliphatic heterocycles. The van der Waals surface area contributed by atoms with E-state index in [0.29, 0.717) is 32.3 Å². The normalized spacial score (nSPS) is 16.3. The molecule has 6 heteroatoms. The van der Waals surface area contributed by atoms with Gasteiger partial charge in [0.25, 0.3) is 0 Å². The molecule has 0 heterocycles. The van der Waals surface area contributed by atoms with Crippen molar-refractivity contribution < 1.29 is 30.0 Å². The van der Waals surface area contributed by atoms with E-state index in [1.54, 1.807) is 24.3 Å². The standard InChI is InChI=1S/C19H34O6/c1-19(2,3)18(24)25-13-5-4-8-15(21)9-6-10-16(22)11-7-12-17(23)14-20/h6-7,9,11,15-17,20-23H,4-5,8,10,12-14H2,1-3H3/b9-6+,11-7+/t15-,16-,17-/m1/s1. The maximum Gasteiger partial charge on any atom is 0.311 e. The van der Waals surface area contributed by atoms with E-state index in [1.807, 2.05) is 20.8 Å². The van der Waals surface area contributed by atoms with E-state index in [0.717, 1.165) is 6.42 Å². The number of esters is 1. The Morgan fingerprint density at radius 3 is 2.20 bits per heavy atom. The van der Waals surface area contributed by atoms with Crippen molar-refractivity contribution in [1.29, 1.82) is 0 Å². The highest BCUT2D eigenvalue weighted by Crippen LogP contribution is 2.15. The average Bonchev–Trinajstić information content (AvgIpc) is 2.53. The van der Waals surface area contributed by atoms with Crippen LogP contribution in [0.25, 0.3) is 0 Å². The maximum absolute atomic E-state index is 11.6. The average molecular weight is 358 g/mol. The summed E-state index contributed by atoms with van der Waals surface area (Å²) < 4.78 is 5.15. The van der Waals surface area contributed by atoms with E-state index < -0.39 is 23.7 Å². The monoisotopic (exact) mass is 358 g/mol. The second-order valence-electron chi connectivity index (χ2n) is 7.18. The number of unbranched alkanes of at least 4 members (excludes halogenated alkanes) is 1. The molecule has 3 atom stereocenters. The third kappa shape index (κ3) is 13.7. The number of aliphatic hydroxyl groups is 4. The smallest absolute Gasteiger partial charge is 0.311 e. The van der Waals surface area contributed by atoms with Gasteiger partial charge in [-0.05, 0) is 52.9 Å². The summed E-state index contributed by atoms with van der Waals surface area (Å²) in [6.45, 7) is 5.48. The summed E-state index contributed by atoms with van der Waals surface area (Å²) in [5.74, 6) is -0.221. The summed E-state index contributed by atoms with van der Waals surface area (Å²) in [5, 5.41) is 37.3. The Hall–Kier alpha value is -1.21. The van der Waals surface area contributed by atoms with Crippen molar-refractivity contribution >= 4 is 5.97 Å². The molecule has 0 rings (SSSR count). The summed E-state index contributed by atoms with van der Waals surface area (Å²) in [5.41, 5.74) is -0.492. The molecule has 0 aliphatic rings. The summed E-state index contributed by atoms with van der Waals surface area (Å²) in [4.78, 5) is 11.6. The molecule has 0 saturated heterocycles. The first-order valence-electron chi connectivity index (χ1n) is 8.82. The summed E-state index contributed by atoms with van der Waals surface area (Å²) in [6.07, 6.45) is 7.11. The van der Waals surface area contributed by atoms with Crippen molar-refractivity contribution in [3.63, 3.8) is 0 Å². The van der Waals surface area contributed by atoms with Gasteiger partial charge >= 0.3 is 5.97 Å². The fraction of sp³-hybridized carbons (Fsp3) is 0.737. The zero-order valence-electron chi connectivity index (χ0n) is 15.6. The third-order valence-corrected chi connectivity index (χ3v) is 3.45. The van der Waals surface area contributed by atoms with Gasteiger partial charge in [-0.2, -0.15) is 0 Å². The molecular weight excluding hydrogens is 324 g/mol. The van der Waals surface area contributed by atoms with Crippen LogP contribution in [0.3, 0.4) is 0 Å². The molecule has 0 radical (unpaired) electrons. The van der Waals surface area contributed by atoms with Gasteiger partial charge in [0.15, 0.2) is 0 Å². The second-order valence-corrected chi connectivity index (χ2v) is 7.18. The van der Waals surface area contributed by atoms with Crippen LogP contribution in [0.2, 0.25) is 0 Å². The number of aliphatic hydroxyl groups excluding tert-OH is 4. The Morgan fingerprint density at radius 1 is 1.00 bits per heavy atom.